The number of nitrogens with one attached hydrogen (secondary N) is 1. The molecular formula is C8H10N2O2. The molecule has 0 bridgehead atoms. The van der Waals surface area contributed by atoms with Gasteiger partial charge < -0.3 is 5.73 Å². The van der Waals surface area contributed by atoms with Crippen LogP contribution in [0, 0.1) is 0 Å². The van der Waals surface area contributed by atoms with Gasteiger partial charge in [-0.05, 0) is 18.9 Å². The maximum atomic E-state index is 11.1. The number of rotatable bonds is 2. The zero-order valence-corrected chi connectivity index (χ0v) is 6.54. The number of hydrogen-bond donors (Lipinski definition) is 2. The second kappa shape index (κ2) is 3.71. The summed E-state index contributed by atoms with van der Waals surface area (Å²) in [6, 6.07) is 0. The molecular weight excluding hydrogens is 156 g/mol. The Bertz CT molecular complexity index is 266. The van der Waals surface area contributed by atoms with E-state index in [0.717, 1.165) is 6.42 Å². The predicted octanol–water partition coefficient (Wildman–Crippen LogP) is -0.178. The normalized spacial score (nSPS) is 16.0. The molecule has 64 valence electrons. The van der Waals surface area contributed by atoms with Crippen molar-refractivity contribution in [3.63, 3.8) is 0 Å². The van der Waals surface area contributed by atoms with Crippen molar-refractivity contribution in [2.75, 3.05) is 0 Å². The standard InChI is InChI=1S/C8H10N2O2/c9-7-4-2-1-3-6(7)8(12)10-5-11/h2,4-5H,1,3,9H2,(H,10,11,12). The summed E-state index contributed by atoms with van der Waals surface area (Å²) in [4.78, 5) is 21.0. The number of allylic oxidation sites excluding steroid dienone is 2. The van der Waals surface area contributed by atoms with Gasteiger partial charge in [-0.3, -0.25) is 14.9 Å². The van der Waals surface area contributed by atoms with E-state index in [1.54, 1.807) is 6.08 Å². The Morgan fingerprint density at radius 1 is 1.67 bits per heavy atom. The fraction of sp³-hybridized carbons (Fsp3) is 0.250. The van der Waals surface area contributed by atoms with Crippen LogP contribution < -0.4 is 11.1 Å². The summed E-state index contributed by atoms with van der Waals surface area (Å²) in [6.45, 7) is 0. The van der Waals surface area contributed by atoms with Crippen LogP contribution in [0.1, 0.15) is 12.8 Å². The highest BCUT2D eigenvalue weighted by Gasteiger charge is 2.13. The minimum absolute atomic E-state index is 0.362. The number of hydrogen-bond acceptors (Lipinski definition) is 3. The lowest BCUT2D eigenvalue weighted by atomic mass is 10.0. The number of nitrogens with two attached hydrogens (primary N) is 1. The smallest absolute Gasteiger partial charge is 0.255 e. The molecule has 1 rings (SSSR count). The number of imide groups is 1. The first-order valence-electron chi connectivity index (χ1n) is 3.65. The van der Waals surface area contributed by atoms with Crippen molar-refractivity contribution >= 4 is 12.3 Å². The molecule has 0 unspecified atom stereocenters. The highest BCUT2D eigenvalue weighted by atomic mass is 16.2. The Hall–Kier alpha value is -1.58. The largest absolute Gasteiger partial charge is 0.398 e. The zero-order valence-electron chi connectivity index (χ0n) is 6.54. The maximum absolute atomic E-state index is 11.1. The molecule has 0 atom stereocenters. The third-order valence-electron chi connectivity index (χ3n) is 1.67. The highest BCUT2D eigenvalue weighted by molar-refractivity contribution is 6.00. The highest BCUT2D eigenvalue weighted by Crippen LogP contribution is 2.14. The van der Waals surface area contributed by atoms with Gasteiger partial charge in [0.1, 0.15) is 0 Å². The quantitative estimate of drug-likeness (QED) is 0.559. The average molecular weight is 166 g/mol. The van der Waals surface area contributed by atoms with Crippen molar-refractivity contribution in [2.24, 2.45) is 5.73 Å². The van der Waals surface area contributed by atoms with Crippen LogP contribution in [0.4, 0.5) is 0 Å². The van der Waals surface area contributed by atoms with E-state index >= 15 is 0 Å². The Balaban J connectivity index is 2.78. The van der Waals surface area contributed by atoms with Gasteiger partial charge in [-0.1, -0.05) is 6.08 Å². The molecule has 0 fully saturated rings. The van der Waals surface area contributed by atoms with Crippen molar-refractivity contribution in [3.05, 3.63) is 23.4 Å². The zero-order chi connectivity index (χ0) is 8.97. The van der Waals surface area contributed by atoms with E-state index in [1.165, 1.54) is 0 Å². The summed E-state index contributed by atoms with van der Waals surface area (Å²) < 4.78 is 0. The monoisotopic (exact) mass is 166 g/mol. The van der Waals surface area contributed by atoms with E-state index < -0.39 is 5.91 Å². The number of amides is 2. The van der Waals surface area contributed by atoms with Crippen LogP contribution in [0.2, 0.25) is 0 Å². The van der Waals surface area contributed by atoms with E-state index in [2.05, 4.69) is 5.32 Å². The SMILES string of the molecule is NC1=C(C(=O)NC=O)CCC=C1. The van der Waals surface area contributed by atoms with Gasteiger partial charge in [0.2, 0.25) is 6.41 Å². The topological polar surface area (TPSA) is 72.2 Å². The van der Waals surface area contributed by atoms with Gasteiger partial charge in [0.05, 0.1) is 0 Å². The molecule has 1 aliphatic rings. The molecule has 0 saturated carbocycles. The van der Waals surface area contributed by atoms with Gasteiger partial charge in [0.25, 0.3) is 5.91 Å². The summed E-state index contributed by atoms with van der Waals surface area (Å²) in [5.74, 6) is -0.396. The minimum atomic E-state index is -0.396. The Kier molecular flexibility index (Phi) is 2.63. The summed E-state index contributed by atoms with van der Waals surface area (Å²) in [5.41, 5.74) is 6.46. The Labute approximate surface area is 70.1 Å². The van der Waals surface area contributed by atoms with Crippen LogP contribution in [-0.4, -0.2) is 12.3 Å². The van der Waals surface area contributed by atoms with Crippen molar-refractivity contribution in [1.29, 1.82) is 0 Å². The van der Waals surface area contributed by atoms with Crippen LogP contribution in [-0.2, 0) is 9.59 Å². The van der Waals surface area contributed by atoms with Gasteiger partial charge in [-0.25, -0.2) is 0 Å². The molecule has 0 saturated heterocycles. The predicted molar refractivity (Wildman–Crippen MR) is 43.8 cm³/mol. The van der Waals surface area contributed by atoms with Crippen LogP contribution in [0.15, 0.2) is 23.4 Å². The van der Waals surface area contributed by atoms with Crippen LogP contribution in [0.5, 0.6) is 0 Å². The first-order chi connectivity index (χ1) is 5.75. The van der Waals surface area contributed by atoms with Gasteiger partial charge in [-0.15, -0.1) is 0 Å². The molecule has 0 aromatic carbocycles. The first-order valence-corrected chi connectivity index (χ1v) is 3.65. The van der Waals surface area contributed by atoms with Gasteiger partial charge >= 0.3 is 0 Å². The van der Waals surface area contributed by atoms with Gasteiger partial charge in [0, 0.05) is 11.3 Å². The van der Waals surface area contributed by atoms with E-state index in [-0.39, 0.29) is 0 Å². The third kappa shape index (κ3) is 1.72. The molecule has 0 aromatic rings. The summed E-state index contributed by atoms with van der Waals surface area (Å²) in [6.07, 6.45) is 5.33. The van der Waals surface area contributed by atoms with E-state index in [0.29, 0.717) is 24.1 Å². The maximum Gasteiger partial charge on any atom is 0.255 e. The fourth-order valence-electron chi connectivity index (χ4n) is 1.07. The molecule has 0 aromatic heterocycles. The molecule has 12 heavy (non-hydrogen) atoms. The van der Waals surface area contributed by atoms with Crippen molar-refractivity contribution in [3.8, 4) is 0 Å². The third-order valence-corrected chi connectivity index (χ3v) is 1.67. The second-order valence-electron chi connectivity index (χ2n) is 2.47. The van der Waals surface area contributed by atoms with Gasteiger partial charge in [0.15, 0.2) is 0 Å². The van der Waals surface area contributed by atoms with Crippen LogP contribution in [0.3, 0.4) is 0 Å². The lowest BCUT2D eigenvalue weighted by Crippen LogP contribution is -2.26. The summed E-state index contributed by atoms with van der Waals surface area (Å²) in [5, 5.41) is 2.05. The molecule has 2 amide bonds. The number of carbonyl (C=O) groups excluding carboxylic acids is 2. The van der Waals surface area contributed by atoms with E-state index in [9.17, 15) is 9.59 Å². The summed E-state index contributed by atoms with van der Waals surface area (Å²) in [7, 11) is 0. The van der Waals surface area contributed by atoms with Crippen LogP contribution >= 0.6 is 0 Å². The van der Waals surface area contributed by atoms with Gasteiger partial charge in [-0.2, -0.15) is 0 Å². The lowest BCUT2D eigenvalue weighted by molar-refractivity contribution is -0.122. The minimum Gasteiger partial charge on any atom is -0.398 e. The molecule has 1 aliphatic carbocycles. The molecule has 3 N–H and O–H groups in total. The molecule has 0 heterocycles. The van der Waals surface area contributed by atoms with E-state index in [1.807, 2.05) is 6.08 Å². The molecule has 0 radical (unpaired) electrons. The van der Waals surface area contributed by atoms with Crippen molar-refractivity contribution in [1.82, 2.24) is 5.32 Å². The van der Waals surface area contributed by atoms with Crippen molar-refractivity contribution in [2.45, 2.75) is 12.8 Å². The van der Waals surface area contributed by atoms with E-state index in [4.69, 9.17) is 5.73 Å². The summed E-state index contributed by atoms with van der Waals surface area (Å²) >= 11 is 0. The Morgan fingerprint density at radius 2 is 2.42 bits per heavy atom. The molecule has 0 aliphatic heterocycles. The second-order valence-corrected chi connectivity index (χ2v) is 2.47. The lowest BCUT2D eigenvalue weighted by Gasteiger charge is -2.09. The molecule has 0 spiro atoms. The molecule has 4 heteroatoms. The Morgan fingerprint density at radius 3 is 3.00 bits per heavy atom. The number of carbonyl (C=O) groups is 2. The fourth-order valence-corrected chi connectivity index (χ4v) is 1.07. The first kappa shape index (κ1) is 8.52. The average Bonchev–Trinajstić information content (AvgIpc) is 2.05. The molecule has 4 nitrogen and oxygen atoms in total. The van der Waals surface area contributed by atoms with Crippen LogP contribution in [0.25, 0.3) is 0 Å². The van der Waals surface area contributed by atoms with Crippen molar-refractivity contribution < 1.29 is 9.59 Å².